The standard InChI is InChI=1S/C47H51NO14.C17H12Cl3N5O2/c1-25-31(60-43(56)36(52)35(28-16-10-7-11-17-28)48-41(54)29-18-12-8-13-19-29)23-47(57)40(61-42(55)30-20-14-9-15-21-30)38-45(6,32(51)22-33-46(38,24-58-33)62-27(3)50)39(53)37(59-26(2)49)34(25)44(47,4)5;18-10-3-1-9(2-4-10)15(26)13-11(19)5-8(6-12(13)20)7-25-16(21)14(17(22)27)23-24-25/h7-21,31-33,35-38,40,51-52,57H,22-24H2,1-6H3,(H,48,54);1-6H,7,21H2,(H2,22,27)/t31-,32-,33+,35-,36+,37+,38-,40-,45+,46-,47+;/m0./s1. The number of ketones is 2. The SMILES string of the molecule is CC(=O)O[C@H]1C(=O)[C@@]2(C)[C@H]([C@H](OC(=O)c3ccccc3)[C@]3(O)C[C@H](OC(=O)[C@H](O)[C@@H](NC(=O)c4ccccc4)c4ccccc4)C(C)=C1C3(C)C)[C@]1(OC(C)=O)CO[C@@H]1C[C@@H]2O.NC(=O)c1nnn(Cc2cc(Cl)c(C(=O)c3ccc(Cl)cc3)c(Cl)c2)c1N. The molecule has 2 amide bonds. The zero-order chi connectivity index (χ0) is 64.7. The van der Waals surface area contributed by atoms with Crippen LogP contribution >= 0.6 is 34.8 Å². The van der Waals surface area contributed by atoms with E-state index < -0.39 is 119 Å². The predicted molar refractivity (Wildman–Crippen MR) is 321 cm³/mol. The van der Waals surface area contributed by atoms with Gasteiger partial charge in [-0.3, -0.25) is 28.8 Å². The van der Waals surface area contributed by atoms with Crippen LogP contribution in [0.15, 0.2) is 139 Å². The molecule has 2 heterocycles. The fraction of sp³-hybridized carbons (Fsp3) is 0.344. The summed E-state index contributed by atoms with van der Waals surface area (Å²) in [6.45, 7) is 8.11. The predicted octanol–water partition coefficient (Wildman–Crippen LogP) is 6.93. The number of Topliss-reactive ketones (excluding diaryl/α,β-unsaturated/α-hetero) is 1. The number of amides is 2. The fourth-order valence-electron chi connectivity index (χ4n) is 12.6. The van der Waals surface area contributed by atoms with Gasteiger partial charge in [-0.05, 0) is 96.8 Å². The summed E-state index contributed by atoms with van der Waals surface area (Å²) in [5.74, 6) is -7.93. The third kappa shape index (κ3) is 12.3. The molecule has 3 aliphatic carbocycles. The molecule has 5 aromatic carbocycles. The van der Waals surface area contributed by atoms with E-state index in [1.807, 2.05) is 0 Å². The van der Waals surface area contributed by atoms with Gasteiger partial charge in [-0.2, -0.15) is 0 Å². The summed E-state index contributed by atoms with van der Waals surface area (Å²) < 4.78 is 31.6. The van der Waals surface area contributed by atoms with Crippen molar-refractivity contribution in [1.82, 2.24) is 20.3 Å². The van der Waals surface area contributed by atoms with Crippen molar-refractivity contribution in [2.45, 2.75) is 115 Å². The number of nitrogen functional groups attached to an aromatic ring is 1. The number of nitrogens with zero attached hydrogens (tertiary/aromatic N) is 3. The average Bonchev–Trinajstić information content (AvgIpc) is 1.20. The van der Waals surface area contributed by atoms with E-state index in [4.69, 9.17) is 70.0 Å². The molecule has 1 saturated heterocycles. The Morgan fingerprint density at radius 2 is 1.39 bits per heavy atom. The Morgan fingerprint density at radius 3 is 1.93 bits per heavy atom. The lowest BCUT2D eigenvalue weighted by Gasteiger charge is -2.67. The quantitative estimate of drug-likeness (QED) is 0.0262. The first-order valence-electron chi connectivity index (χ1n) is 28.0. The van der Waals surface area contributed by atoms with E-state index in [1.54, 1.807) is 129 Å². The van der Waals surface area contributed by atoms with E-state index >= 15 is 4.79 Å². The summed E-state index contributed by atoms with van der Waals surface area (Å²) in [5, 5.41) is 48.5. The molecule has 466 valence electrons. The van der Waals surface area contributed by atoms with Gasteiger partial charge in [0.25, 0.3) is 11.8 Å². The highest BCUT2D eigenvalue weighted by Gasteiger charge is 2.78. The number of esters is 4. The van der Waals surface area contributed by atoms with Gasteiger partial charge in [-0.15, -0.1) is 5.10 Å². The van der Waals surface area contributed by atoms with E-state index in [2.05, 4.69) is 15.6 Å². The Labute approximate surface area is 525 Å². The summed E-state index contributed by atoms with van der Waals surface area (Å²) in [6, 6.07) is 32.5. The van der Waals surface area contributed by atoms with E-state index in [-0.39, 0.29) is 74.7 Å². The van der Waals surface area contributed by atoms with Crippen molar-refractivity contribution >= 4 is 87.9 Å². The maximum Gasteiger partial charge on any atom is 0.338 e. The number of benzene rings is 5. The topological polar surface area (TPSA) is 338 Å². The van der Waals surface area contributed by atoms with Crippen LogP contribution in [0.4, 0.5) is 5.82 Å². The lowest BCUT2D eigenvalue weighted by Crippen LogP contribution is -2.82. The molecule has 22 nitrogen and oxygen atoms in total. The highest BCUT2D eigenvalue weighted by atomic mass is 35.5. The van der Waals surface area contributed by atoms with Gasteiger partial charge in [0.2, 0.25) is 0 Å². The number of rotatable bonds is 15. The van der Waals surface area contributed by atoms with Crippen LogP contribution in [-0.2, 0) is 49.4 Å². The minimum absolute atomic E-state index is 0.00289. The monoisotopic (exact) mass is 1280 g/mol. The number of fused-ring (bicyclic) bond motifs is 5. The number of aromatic nitrogens is 3. The van der Waals surface area contributed by atoms with Crippen LogP contribution in [0.5, 0.6) is 0 Å². The first kappa shape index (κ1) is 65.1. The molecule has 89 heavy (non-hydrogen) atoms. The molecule has 0 spiro atoms. The molecule has 6 aromatic rings. The molecule has 2 saturated carbocycles. The van der Waals surface area contributed by atoms with Crippen molar-refractivity contribution in [2.75, 3.05) is 12.3 Å². The highest BCUT2D eigenvalue weighted by molar-refractivity contribution is 6.41. The number of aliphatic hydroxyl groups excluding tert-OH is 2. The van der Waals surface area contributed by atoms with Crippen molar-refractivity contribution in [1.29, 1.82) is 0 Å². The van der Waals surface area contributed by atoms with Crippen LogP contribution in [-0.4, -0.2) is 132 Å². The van der Waals surface area contributed by atoms with Crippen LogP contribution in [0, 0.1) is 16.7 Å². The smallest absolute Gasteiger partial charge is 0.338 e. The normalized spacial score (nSPS) is 25.5. The van der Waals surface area contributed by atoms with Crippen LogP contribution < -0.4 is 16.8 Å². The van der Waals surface area contributed by atoms with Crippen LogP contribution in [0.25, 0.3) is 0 Å². The molecular formula is C64H63Cl3N6O16. The summed E-state index contributed by atoms with van der Waals surface area (Å²) in [4.78, 5) is 107. The summed E-state index contributed by atoms with van der Waals surface area (Å²) in [5.41, 5.74) is 5.02. The number of nitrogens with one attached hydrogen (secondary N) is 1. The Bertz CT molecular complexity index is 3770. The molecule has 0 radical (unpaired) electrons. The van der Waals surface area contributed by atoms with Crippen LogP contribution in [0.2, 0.25) is 15.1 Å². The lowest BCUT2D eigenvalue weighted by molar-refractivity contribution is -0.346. The maximum absolute atomic E-state index is 15.5. The Balaban J connectivity index is 0.000000290. The Morgan fingerprint density at radius 1 is 0.809 bits per heavy atom. The minimum Gasteiger partial charge on any atom is -0.456 e. The molecule has 1 aliphatic heterocycles. The lowest BCUT2D eigenvalue weighted by atomic mass is 9.44. The van der Waals surface area contributed by atoms with Crippen molar-refractivity contribution in [3.8, 4) is 0 Å². The molecular weight excluding hydrogens is 1220 g/mol. The second-order valence-corrected chi connectivity index (χ2v) is 24.2. The summed E-state index contributed by atoms with van der Waals surface area (Å²) >= 11 is 18.4. The van der Waals surface area contributed by atoms with Crippen LogP contribution in [0.3, 0.4) is 0 Å². The van der Waals surface area contributed by atoms with Crippen molar-refractivity contribution in [3.63, 3.8) is 0 Å². The number of ether oxygens (including phenoxy) is 5. The van der Waals surface area contributed by atoms with Crippen molar-refractivity contribution in [3.05, 3.63) is 193 Å². The van der Waals surface area contributed by atoms with Crippen LogP contribution in [0.1, 0.15) is 119 Å². The minimum atomic E-state index is -2.39. The number of anilines is 1. The first-order chi connectivity index (χ1) is 42.0. The number of nitrogens with two attached hydrogens (primary N) is 2. The molecule has 2 bridgehead atoms. The van der Waals surface area contributed by atoms with Gasteiger partial charge in [0.05, 0.1) is 57.8 Å². The number of halogens is 3. The second-order valence-electron chi connectivity index (χ2n) is 23.0. The van der Waals surface area contributed by atoms with E-state index in [1.165, 1.54) is 30.7 Å². The Hall–Kier alpha value is -8.35. The number of primary amides is 1. The zero-order valence-corrected chi connectivity index (χ0v) is 51.1. The molecule has 1 aromatic heterocycles. The second kappa shape index (κ2) is 25.6. The largest absolute Gasteiger partial charge is 0.456 e. The van der Waals surface area contributed by atoms with Gasteiger partial charge in [0.1, 0.15) is 23.9 Å². The molecule has 11 atom stereocenters. The van der Waals surface area contributed by atoms with Gasteiger partial charge < -0.3 is 55.8 Å². The molecule has 0 unspecified atom stereocenters. The van der Waals surface area contributed by atoms with E-state index in [0.29, 0.717) is 21.7 Å². The number of carbonyl (C=O) groups excluding carboxylic acids is 8. The molecule has 25 heteroatoms. The van der Waals surface area contributed by atoms with Gasteiger partial charge in [-0.1, -0.05) is 121 Å². The summed E-state index contributed by atoms with van der Waals surface area (Å²) in [6.07, 6.45) is -10.5. The number of hydrogen-bond acceptors (Lipinski definition) is 19. The number of aliphatic hydroxyl groups is 3. The van der Waals surface area contributed by atoms with Gasteiger partial charge in [0.15, 0.2) is 40.9 Å². The first-order valence-corrected chi connectivity index (χ1v) is 29.2. The van der Waals surface area contributed by atoms with Crippen molar-refractivity contribution < 1.29 is 77.4 Å². The molecule has 10 rings (SSSR count). The average molecular weight is 1280 g/mol. The van der Waals surface area contributed by atoms with E-state index in [0.717, 1.165) is 13.8 Å². The zero-order valence-electron chi connectivity index (χ0n) is 48.9. The number of carbonyl (C=O) groups is 8. The van der Waals surface area contributed by atoms with Gasteiger partial charge >= 0.3 is 23.9 Å². The van der Waals surface area contributed by atoms with Gasteiger partial charge in [-0.25, -0.2) is 14.3 Å². The van der Waals surface area contributed by atoms with Crippen molar-refractivity contribution in [2.24, 2.45) is 22.5 Å². The summed E-state index contributed by atoms with van der Waals surface area (Å²) in [7, 11) is 0. The third-order valence-corrected chi connectivity index (χ3v) is 18.1. The molecule has 3 fully saturated rings. The Kier molecular flexibility index (Phi) is 18.7. The van der Waals surface area contributed by atoms with Gasteiger partial charge in [0, 0.05) is 48.3 Å². The third-order valence-electron chi connectivity index (χ3n) is 17.3. The molecule has 4 aliphatic rings. The highest BCUT2D eigenvalue weighted by Crippen LogP contribution is 2.64. The number of hydrogen-bond donors (Lipinski definition) is 6. The maximum atomic E-state index is 15.5. The van der Waals surface area contributed by atoms with E-state index in [9.17, 15) is 48.9 Å². The fourth-order valence-corrected chi connectivity index (χ4v) is 13.5. The molecule has 8 N–H and O–H groups in total.